The number of carbonyl (C=O) groups excluding carboxylic acids is 1. The van der Waals surface area contributed by atoms with E-state index in [1.165, 1.54) is 0 Å². The second-order valence-electron chi connectivity index (χ2n) is 6.29. The molecule has 2 aliphatic rings. The summed E-state index contributed by atoms with van der Waals surface area (Å²) in [5.41, 5.74) is 1.05. The molecule has 1 amide bonds. The van der Waals surface area contributed by atoms with Crippen molar-refractivity contribution < 1.29 is 14.7 Å². The summed E-state index contributed by atoms with van der Waals surface area (Å²) in [5, 5.41) is 10.0. The van der Waals surface area contributed by atoms with E-state index >= 15 is 0 Å². The molecule has 2 atom stereocenters. The van der Waals surface area contributed by atoms with E-state index in [1.807, 2.05) is 36.4 Å². The van der Waals surface area contributed by atoms with Gasteiger partial charge in [-0.15, -0.1) is 0 Å². The number of carboxylic acid groups (broad SMARTS) is 1. The number of rotatable bonds is 3. The highest BCUT2D eigenvalue weighted by molar-refractivity contribution is 6.30. The van der Waals surface area contributed by atoms with Gasteiger partial charge in [-0.25, -0.2) is 0 Å². The van der Waals surface area contributed by atoms with Crippen LogP contribution in [0.2, 0.25) is 5.02 Å². The fraction of sp³-hybridized carbons (Fsp3) is 0.444. The highest BCUT2D eigenvalue weighted by Gasteiger charge is 2.37. The van der Waals surface area contributed by atoms with Crippen LogP contribution in [0.15, 0.2) is 36.4 Å². The molecule has 1 aromatic rings. The smallest absolute Gasteiger partial charge is 0.307 e. The van der Waals surface area contributed by atoms with Gasteiger partial charge in [-0.3, -0.25) is 9.59 Å². The van der Waals surface area contributed by atoms with Crippen LogP contribution in [0, 0.1) is 11.8 Å². The molecule has 1 N–H and O–H groups in total. The van der Waals surface area contributed by atoms with Crippen LogP contribution >= 0.6 is 11.6 Å². The van der Waals surface area contributed by atoms with Crippen molar-refractivity contribution in [2.75, 3.05) is 31.1 Å². The van der Waals surface area contributed by atoms with Crippen molar-refractivity contribution in [3.63, 3.8) is 0 Å². The quantitative estimate of drug-likeness (QED) is 0.853. The Kier molecular flexibility index (Phi) is 5.09. The van der Waals surface area contributed by atoms with E-state index in [2.05, 4.69) is 4.90 Å². The maximum atomic E-state index is 12.8. The number of allylic oxidation sites excluding steroid dienone is 2. The Bertz CT molecular complexity index is 653. The molecule has 0 radical (unpaired) electrons. The molecule has 0 bridgehead atoms. The Morgan fingerprint density at radius 3 is 2.33 bits per heavy atom. The lowest BCUT2D eigenvalue weighted by atomic mass is 9.82. The fourth-order valence-electron chi connectivity index (χ4n) is 3.45. The Labute approximate surface area is 146 Å². The highest BCUT2D eigenvalue weighted by atomic mass is 35.5. The van der Waals surface area contributed by atoms with Crippen molar-refractivity contribution >= 4 is 29.2 Å². The number of benzene rings is 1. The van der Waals surface area contributed by atoms with Crippen LogP contribution < -0.4 is 4.90 Å². The number of anilines is 1. The van der Waals surface area contributed by atoms with Gasteiger partial charge in [0.2, 0.25) is 5.91 Å². The van der Waals surface area contributed by atoms with Gasteiger partial charge < -0.3 is 14.9 Å². The molecule has 24 heavy (non-hydrogen) atoms. The van der Waals surface area contributed by atoms with E-state index in [1.54, 1.807) is 4.90 Å². The van der Waals surface area contributed by atoms with Gasteiger partial charge in [0.15, 0.2) is 0 Å². The first kappa shape index (κ1) is 16.8. The molecule has 1 heterocycles. The summed E-state index contributed by atoms with van der Waals surface area (Å²) in [6.45, 7) is 2.68. The monoisotopic (exact) mass is 348 g/mol. The summed E-state index contributed by atoms with van der Waals surface area (Å²) < 4.78 is 0. The van der Waals surface area contributed by atoms with Gasteiger partial charge in [0, 0.05) is 36.9 Å². The number of nitrogens with zero attached hydrogens (tertiary/aromatic N) is 2. The van der Waals surface area contributed by atoms with Gasteiger partial charge >= 0.3 is 5.97 Å². The first-order valence-electron chi connectivity index (χ1n) is 8.23. The first-order valence-corrected chi connectivity index (χ1v) is 8.61. The van der Waals surface area contributed by atoms with Gasteiger partial charge in [-0.05, 0) is 31.0 Å². The standard InChI is InChI=1S/C18H21ClN2O3/c19-13-4-3-5-14(12-13)20-8-10-21(11-9-20)17(22)15-6-1-2-7-16(15)18(23)24/h1-5,12,15-16H,6-11H2,(H,23,24)/t15-,16+/m1/s1. The van der Waals surface area contributed by atoms with Crippen LogP contribution in [0.25, 0.3) is 0 Å². The van der Waals surface area contributed by atoms with Gasteiger partial charge in [-0.2, -0.15) is 0 Å². The van der Waals surface area contributed by atoms with Gasteiger partial charge in [0.05, 0.1) is 11.8 Å². The molecule has 1 saturated heterocycles. The number of hydrogen-bond acceptors (Lipinski definition) is 3. The topological polar surface area (TPSA) is 60.9 Å². The lowest BCUT2D eigenvalue weighted by molar-refractivity contribution is -0.150. The predicted octanol–water partition coefficient (Wildman–Crippen LogP) is 2.66. The molecular formula is C18H21ClN2O3. The Morgan fingerprint density at radius 2 is 1.71 bits per heavy atom. The van der Waals surface area contributed by atoms with Gasteiger partial charge in [0.1, 0.15) is 0 Å². The van der Waals surface area contributed by atoms with Crippen LogP contribution in [-0.2, 0) is 9.59 Å². The van der Waals surface area contributed by atoms with E-state index in [-0.39, 0.29) is 5.91 Å². The molecule has 0 saturated carbocycles. The normalized spacial score (nSPS) is 24.0. The Balaban J connectivity index is 1.62. The zero-order valence-corrected chi connectivity index (χ0v) is 14.2. The van der Waals surface area contributed by atoms with Crippen molar-refractivity contribution in [3.05, 3.63) is 41.4 Å². The lowest BCUT2D eigenvalue weighted by Gasteiger charge is -2.38. The molecule has 0 spiro atoms. The number of amides is 1. The molecule has 1 aliphatic heterocycles. The lowest BCUT2D eigenvalue weighted by Crippen LogP contribution is -2.52. The van der Waals surface area contributed by atoms with Crippen LogP contribution in [-0.4, -0.2) is 48.1 Å². The third kappa shape index (κ3) is 3.56. The Hall–Kier alpha value is -2.01. The molecule has 1 aliphatic carbocycles. The molecule has 5 nitrogen and oxygen atoms in total. The van der Waals surface area contributed by atoms with E-state index in [9.17, 15) is 14.7 Å². The predicted molar refractivity (Wildman–Crippen MR) is 93.2 cm³/mol. The van der Waals surface area contributed by atoms with Crippen molar-refractivity contribution in [3.8, 4) is 0 Å². The van der Waals surface area contributed by atoms with E-state index in [0.717, 1.165) is 18.8 Å². The first-order chi connectivity index (χ1) is 11.6. The summed E-state index contributed by atoms with van der Waals surface area (Å²) >= 11 is 6.04. The van der Waals surface area contributed by atoms with E-state index < -0.39 is 17.8 Å². The summed E-state index contributed by atoms with van der Waals surface area (Å²) in [6, 6.07) is 7.69. The number of carbonyl (C=O) groups is 2. The third-order valence-electron chi connectivity index (χ3n) is 4.83. The summed E-state index contributed by atoms with van der Waals surface area (Å²) in [6.07, 6.45) is 4.74. The van der Waals surface area contributed by atoms with Gasteiger partial charge in [0.25, 0.3) is 0 Å². The van der Waals surface area contributed by atoms with Crippen LogP contribution in [0.4, 0.5) is 5.69 Å². The Morgan fingerprint density at radius 1 is 1.04 bits per heavy atom. The van der Waals surface area contributed by atoms with Crippen molar-refractivity contribution in [2.24, 2.45) is 11.8 Å². The molecular weight excluding hydrogens is 328 g/mol. The third-order valence-corrected chi connectivity index (χ3v) is 5.07. The maximum absolute atomic E-state index is 12.8. The minimum absolute atomic E-state index is 0.0301. The second-order valence-corrected chi connectivity index (χ2v) is 6.72. The summed E-state index contributed by atoms with van der Waals surface area (Å²) in [4.78, 5) is 28.2. The number of halogens is 1. The zero-order valence-electron chi connectivity index (χ0n) is 13.4. The van der Waals surface area contributed by atoms with Gasteiger partial charge in [-0.1, -0.05) is 29.8 Å². The molecule has 0 aromatic heterocycles. The average Bonchev–Trinajstić information content (AvgIpc) is 2.61. The number of hydrogen-bond donors (Lipinski definition) is 1. The SMILES string of the molecule is O=C(O)[C@H]1CC=CC[C@H]1C(=O)N1CCN(c2cccc(Cl)c2)CC1. The van der Waals surface area contributed by atoms with Crippen molar-refractivity contribution in [1.29, 1.82) is 0 Å². The number of carboxylic acids is 1. The zero-order chi connectivity index (χ0) is 17.1. The molecule has 128 valence electrons. The van der Waals surface area contributed by atoms with Crippen LogP contribution in [0.3, 0.4) is 0 Å². The average molecular weight is 349 g/mol. The summed E-state index contributed by atoms with van der Waals surface area (Å²) in [7, 11) is 0. The van der Waals surface area contributed by atoms with Crippen molar-refractivity contribution in [1.82, 2.24) is 4.90 Å². The number of piperazine rings is 1. The molecule has 1 fully saturated rings. The molecule has 1 aromatic carbocycles. The minimum Gasteiger partial charge on any atom is -0.481 e. The second kappa shape index (κ2) is 7.26. The largest absolute Gasteiger partial charge is 0.481 e. The fourth-order valence-corrected chi connectivity index (χ4v) is 3.64. The van der Waals surface area contributed by atoms with Crippen LogP contribution in [0.1, 0.15) is 12.8 Å². The summed E-state index contributed by atoms with van der Waals surface area (Å²) in [5.74, 6) is -1.95. The van der Waals surface area contributed by atoms with E-state index in [4.69, 9.17) is 11.6 Å². The molecule has 3 rings (SSSR count). The maximum Gasteiger partial charge on any atom is 0.307 e. The molecule has 0 unspecified atom stereocenters. The highest BCUT2D eigenvalue weighted by Crippen LogP contribution is 2.28. The van der Waals surface area contributed by atoms with E-state index in [0.29, 0.717) is 31.0 Å². The molecule has 6 heteroatoms. The van der Waals surface area contributed by atoms with Crippen LogP contribution in [0.5, 0.6) is 0 Å². The van der Waals surface area contributed by atoms with Crippen molar-refractivity contribution in [2.45, 2.75) is 12.8 Å². The number of aliphatic carboxylic acids is 1. The minimum atomic E-state index is -0.879.